The van der Waals surface area contributed by atoms with Crippen molar-refractivity contribution in [3.05, 3.63) is 0 Å². The van der Waals surface area contributed by atoms with Gasteiger partial charge in [0.25, 0.3) is 0 Å². The summed E-state index contributed by atoms with van der Waals surface area (Å²) in [5.41, 5.74) is 0. The standard InChI is InChI=1S/C18H40N4O9P2/c1-19-14-6-16(21(3)8-14)10-28-32(23,24)30-12-18(27-5)13-31-33(25,26)29-11-17-7-15(20-2)9-22(17)4/h14-20H,6-13H2,1-5H3,(H,23,24)(H,25,26)/t14-,15+,16+,17?,18?/m1/s1. The van der Waals surface area contributed by atoms with Gasteiger partial charge in [-0.05, 0) is 41.0 Å². The summed E-state index contributed by atoms with van der Waals surface area (Å²) in [6, 6.07) is 0.584. The molecule has 2 aliphatic heterocycles. The maximum atomic E-state index is 12.2. The Hall–Kier alpha value is 0.0200. The van der Waals surface area contributed by atoms with Crippen LogP contribution in [-0.2, 0) is 32.0 Å². The van der Waals surface area contributed by atoms with Gasteiger partial charge in [0.2, 0.25) is 0 Å². The van der Waals surface area contributed by atoms with Gasteiger partial charge in [-0.2, -0.15) is 0 Å². The van der Waals surface area contributed by atoms with Crippen LogP contribution >= 0.6 is 15.6 Å². The minimum atomic E-state index is -4.33. The Morgan fingerprint density at radius 1 is 0.848 bits per heavy atom. The lowest BCUT2D eigenvalue weighted by Crippen LogP contribution is -2.30. The van der Waals surface area contributed by atoms with Crippen molar-refractivity contribution in [3.63, 3.8) is 0 Å². The smallest absolute Gasteiger partial charge is 0.377 e. The summed E-state index contributed by atoms with van der Waals surface area (Å²) in [7, 11) is 0.261. The second kappa shape index (κ2) is 13.4. The number of hydrogen-bond donors (Lipinski definition) is 4. The van der Waals surface area contributed by atoms with E-state index in [1.54, 1.807) is 0 Å². The molecular formula is C18H40N4O9P2. The van der Waals surface area contributed by atoms with E-state index >= 15 is 0 Å². The fourth-order valence-corrected chi connectivity index (χ4v) is 5.52. The molecule has 0 spiro atoms. The van der Waals surface area contributed by atoms with E-state index in [0.29, 0.717) is 12.1 Å². The topological polar surface area (TPSA) is 151 Å². The van der Waals surface area contributed by atoms with Gasteiger partial charge in [-0.3, -0.25) is 27.9 Å². The average molecular weight is 518 g/mol. The molecule has 0 saturated carbocycles. The number of nitrogens with zero attached hydrogens (tertiary/aromatic N) is 2. The molecule has 4 unspecified atom stereocenters. The highest BCUT2D eigenvalue weighted by molar-refractivity contribution is 7.47. The first-order chi connectivity index (χ1) is 15.5. The van der Waals surface area contributed by atoms with Crippen molar-refractivity contribution in [1.29, 1.82) is 0 Å². The van der Waals surface area contributed by atoms with Crippen LogP contribution in [0.25, 0.3) is 0 Å². The van der Waals surface area contributed by atoms with Gasteiger partial charge in [0, 0.05) is 44.4 Å². The number of rotatable bonds is 15. The maximum Gasteiger partial charge on any atom is 0.472 e. The van der Waals surface area contributed by atoms with E-state index < -0.39 is 21.7 Å². The van der Waals surface area contributed by atoms with Gasteiger partial charge in [0.05, 0.1) is 26.4 Å². The van der Waals surface area contributed by atoms with Crippen molar-refractivity contribution in [1.82, 2.24) is 20.4 Å². The zero-order valence-corrected chi connectivity index (χ0v) is 21.9. The van der Waals surface area contributed by atoms with Crippen molar-refractivity contribution in [2.75, 3.05) is 74.8 Å². The summed E-state index contributed by atoms with van der Waals surface area (Å²) in [4.78, 5) is 24.0. The predicted molar refractivity (Wildman–Crippen MR) is 122 cm³/mol. The zero-order chi connectivity index (χ0) is 24.6. The molecule has 13 nitrogen and oxygen atoms in total. The third-order valence-corrected chi connectivity index (χ3v) is 8.14. The second-order valence-electron chi connectivity index (χ2n) is 8.61. The summed E-state index contributed by atoms with van der Waals surface area (Å²) in [6.45, 7) is 1.00. The molecule has 0 bridgehead atoms. The van der Waals surface area contributed by atoms with E-state index in [1.165, 1.54) is 7.11 Å². The van der Waals surface area contributed by atoms with Gasteiger partial charge in [-0.25, -0.2) is 9.13 Å². The molecule has 2 fully saturated rings. The lowest BCUT2D eigenvalue weighted by molar-refractivity contribution is -0.000373. The Bertz CT molecular complexity index is 637. The third kappa shape index (κ3) is 9.89. The highest BCUT2D eigenvalue weighted by Crippen LogP contribution is 2.46. The Morgan fingerprint density at radius 2 is 1.24 bits per heavy atom. The first-order valence-electron chi connectivity index (χ1n) is 11.0. The van der Waals surface area contributed by atoms with E-state index in [1.807, 2.05) is 38.0 Å². The predicted octanol–water partition coefficient (Wildman–Crippen LogP) is -0.147. The van der Waals surface area contributed by atoms with E-state index in [-0.39, 0.29) is 38.5 Å². The molecule has 2 heterocycles. The molecule has 0 aromatic rings. The number of methoxy groups -OCH3 is 1. The van der Waals surface area contributed by atoms with Crippen LogP contribution in [-0.4, -0.2) is 125 Å². The zero-order valence-electron chi connectivity index (χ0n) is 20.1. The van der Waals surface area contributed by atoms with Crippen LogP contribution < -0.4 is 10.6 Å². The van der Waals surface area contributed by atoms with Crippen LogP contribution in [0.4, 0.5) is 0 Å². The fraction of sp³-hybridized carbons (Fsp3) is 1.00. The Labute approximate surface area is 196 Å². The molecule has 33 heavy (non-hydrogen) atoms. The molecule has 196 valence electrons. The molecule has 4 N–H and O–H groups in total. The Balaban J connectivity index is 1.70. The number of likely N-dealkylation sites (tertiary alicyclic amines) is 2. The first kappa shape index (κ1) is 29.3. The second-order valence-corrected chi connectivity index (χ2v) is 11.5. The minimum Gasteiger partial charge on any atom is -0.377 e. The summed E-state index contributed by atoms with van der Waals surface area (Å²) < 4.78 is 49.8. The van der Waals surface area contributed by atoms with Crippen molar-refractivity contribution >= 4 is 15.6 Å². The summed E-state index contributed by atoms with van der Waals surface area (Å²) in [5.74, 6) is 0. The van der Waals surface area contributed by atoms with Crippen molar-refractivity contribution < 1.29 is 41.7 Å². The van der Waals surface area contributed by atoms with Crippen LogP contribution in [0.5, 0.6) is 0 Å². The molecule has 2 rings (SSSR count). The van der Waals surface area contributed by atoms with Gasteiger partial charge in [-0.15, -0.1) is 0 Å². The molecule has 0 amide bonds. The van der Waals surface area contributed by atoms with Crippen LogP contribution in [0.1, 0.15) is 12.8 Å². The van der Waals surface area contributed by atoms with Gasteiger partial charge in [-0.1, -0.05) is 0 Å². The fourth-order valence-electron chi connectivity index (χ4n) is 3.94. The molecular weight excluding hydrogens is 478 g/mol. The Morgan fingerprint density at radius 3 is 1.55 bits per heavy atom. The highest BCUT2D eigenvalue weighted by Gasteiger charge is 2.34. The third-order valence-electron chi connectivity index (χ3n) is 6.23. The Kier molecular flexibility index (Phi) is 11.8. The molecule has 15 heteroatoms. The van der Waals surface area contributed by atoms with Gasteiger partial charge in [0.1, 0.15) is 6.10 Å². The SMILES string of the molecule is CN[C@@H]1C[C@@H](COP(=O)(O)OCC(COP(=O)(O)OCC2C[C@H](NC)CN2C)OC)N(C)C1. The van der Waals surface area contributed by atoms with Crippen LogP contribution in [0.15, 0.2) is 0 Å². The molecule has 2 aliphatic rings. The normalized spacial score (nSPS) is 31.5. The number of phosphoric acid groups is 2. The van der Waals surface area contributed by atoms with Gasteiger partial charge in [0.15, 0.2) is 0 Å². The molecule has 0 radical (unpaired) electrons. The van der Waals surface area contributed by atoms with Gasteiger partial charge >= 0.3 is 15.6 Å². The van der Waals surface area contributed by atoms with Gasteiger partial charge < -0.3 is 25.2 Å². The molecule has 2 saturated heterocycles. The molecule has 0 aromatic carbocycles. The van der Waals surface area contributed by atoms with Crippen LogP contribution in [0, 0.1) is 0 Å². The lowest BCUT2D eigenvalue weighted by Gasteiger charge is -2.23. The summed E-state index contributed by atoms with van der Waals surface area (Å²) in [5, 5.41) is 6.36. The lowest BCUT2D eigenvalue weighted by atomic mass is 10.2. The highest BCUT2D eigenvalue weighted by atomic mass is 31.2. The number of nitrogens with one attached hydrogen (secondary N) is 2. The summed E-state index contributed by atoms with van der Waals surface area (Å²) in [6.07, 6.45) is 0.711. The van der Waals surface area contributed by atoms with E-state index in [2.05, 4.69) is 10.6 Å². The molecule has 7 atom stereocenters. The first-order valence-corrected chi connectivity index (χ1v) is 14.0. The van der Waals surface area contributed by atoms with E-state index in [0.717, 1.165) is 25.9 Å². The largest absolute Gasteiger partial charge is 0.472 e. The summed E-state index contributed by atoms with van der Waals surface area (Å²) >= 11 is 0. The quantitative estimate of drug-likeness (QED) is 0.213. The number of ether oxygens (including phenoxy) is 1. The van der Waals surface area contributed by atoms with Crippen LogP contribution in [0.3, 0.4) is 0 Å². The number of phosphoric ester groups is 2. The molecule has 0 aliphatic carbocycles. The molecule has 0 aromatic heterocycles. The van der Waals surface area contributed by atoms with Crippen LogP contribution in [0.2, 0.25) is 0 Å². The van der Waals surface area contributed by atoms with Crippen molar-refractivity contribution in [2.24, 2.45) is 0 Å². The van der Waals surface area contributed by atoms with Crippen molar-refractivity contribution in [2.45, 2.75) is 43.1 Å². The number of likely N-dealkylation sites (N-methyl/N-ethyl adjacent to an activating group) is 4. The van der Waals surface area contributed by atoms with E-state index in [4.69, 9.17) is 22.8 Å². The minimum absolute atomic E-state index is 0.00667. The number of hydrogen-bond acceptors (Lipinski definition) is 11. The van der Waals surface area contributed by atoms with E-state index in [9.17, 15) is 18.9 Å². The maximum absolute atomic E-state index is 12.2. The monoisotopic (exact) mass is 518 g/mol. The van der Waals surface area contributed by atoms with Crippen molar-refractivity contribution in [3.8, 4) is 0 Å². The average Bonchev–Trinajstić information content (AvgIpc) is 3.32.